The van der Waals surface area contributed by atoms with Crippen molar-refractivity contribution in [3.8, 4) is 0 Å². The van der Waals surface area contributed by atoms with E-state index in [9.17, 15) is 9.59 Å². The molecule has 0 aliphatic carbocycles. The largest absolute Gasteiger partial charge is 0.460 e. The molecule has 5 heteroatoms. The summed E-state index contributed by atoms with van der Waals surface area (Å²) in [6, 6.07) is 6.74. The second kappa shape index (κ2) is 6.01. The van der Waals surface area contributed by atoms with Gasteiger partial charge in [-0.05, 0) is 24.6 Å². The highest BCUT2D eigenvalue weighted by Gasteiger charge is 2.25. The van der Waals surface area contributed by atoms with E-state index in [2.05, 4.69) is 20.7 Å². The van der Waals surface area contributed by atoms with Crippen molar-refractivity contribution in [3.05, 3.63) is 34.9 Å². The lowest BCUT2D eigenvalue weighted by atomic mass is 10.1. The quantitative estimate of drug-likeness (QED) is 0.488. The van der Waals surface area contributed by atoms with E-state index in [0.717, 1.165) is 0 Å². The number of esters is 1. The minimum Gasteiger partial charge on any atom is -0.460 e. The fraction of sp³-hybridized carbons (Fsp3) is 0.273. The Hall–Kier alpha value is -0.870. The minimum absolute atomic E-state index is 0.180. The molecule has 1 atom stereocenters. The van der Waals surface area contributed by atoms with Crippen LogP contribution in [0.2, 0.25) is 5.02 Å². The summed E-state index contributed by atoms with van der Waals surface area (Å²) in [4.78, 5) is 22.1. The molecule has 1 aromatic rings. The van der Waals surface area contributed by atoms with Gasteiger partial charge in [-0.15, -0.1) is 0 Å². The van der Waals surface area contributed by atoms with Crippen molar-refractivity contribution in [2.24, 2.45) is 0 Å². The van der Waals surface area contributed by atoms with Gasteiger partial charge in [0.25, 0.3) is 5.78 Å². The molecule has 0 fully saturated rings. The molecule has 0 amide bonds. The van der Waals surface area contributed by atoms with E-state index in [4.69, 9.17) is 11.6 Å². The zero-order chi connectivity index (χ0) is 12.1. The van der Waals surface area contributed by atoms with Crippen LogP contribution in [0.4, 0.5) is 0 Å². The highest BCUT2D eigenvalue weighted by molar-refractivity contribution is 9.09. The molecule has 0 saturated carbocycles. The molecule has 1 rings (SSSR count). The number of Topliss-reactive ketones (excluding diaryl/α,β-unsaturated/α-hetero) is 1. The molecule has 0 spiro atoms. The molecule has 86 valence electrons. The van der Waals surface area contributed by atoms with Crippen LogP contribution in [0.5, 0.6) is 0 Å². The number of halogens is 2. The number of hydrogen-bond acceptors (Lipinski definition) is 3. The molecular weight excluding hydrogens is 295 g/mol. The van der Waals surface area contributed by atoms with Crippen molar-refractivity contribution in [3.63, 3.8) is 0 Å². The molecule has 3 nitrogen and oxygen atoms in total. The zero-order valence-corrected chi connectivity index (χ0v) is 10.9. The lowest BCUT2D eigenvalue weighted by Gasteiger charge is -2.08. The van der Waals surface area contributed by atoms with E-state index in [1.807, 2.05) is 0 Å². The van der Waals surface area contributed by atoms with E-state index in [1.165, 1.54) is 0 Å². The zero-order valence-electron chi connectivity index (χ0n) is 8.57. The van der Waals surface area contributed by atoms with Crippen LogP contribution in [0.3, 0.4) is 0 Å². The average Bonchev–Trinajstić information content (AvgIpc) is 2.27. The summed E-state index contributed by atoms with van der Waals surface area (Å²) in [6.45, 7) is 1.83. The van der Waals surface area contributed by atoms with Crippen LogP contribution in [0.1, 0.15) is 17.3 Å². The Morgan fingerprint density at radius 1 is 1.50 bits per heavy atom. The first kappa shape index (κ1) is 13.2. The Kier molecular flexibility index (Phi) is 4.96. The van der Waals surface area contributed by atoms with Gasteiger partial charge < -0.3 is 4.74 Å². The molecule has 1 aromatic carbocycles. The van der Waals surface area contributed by atoms with Crippen LogP contribution in [0.15, 0.2) is 24.3 Å². The third-order valence-corrected chi connectivity index (χ3v) is 3.03. The Bertz CT molecular complexity index is 406. The predicted octanol–water partition coefficient (Wildman–Crippen LogP) is 2.91. The highest BCUT2D eigenvalue weighted by atomic mass is 79.9. The number of ketones is 1. The Morgan fingerprint density at radius 3 is 2.75 bits per heavy atom. The van der Waals surface area contributed by atoms with E-state index in [-0.39, 0.29) is 6.61 Å². The number of benzene rings is 1. The second-order valence-corrected chi connectivity index (χ2v) is 4.35. The summed E-state index contributed by atoms with van der Waals surface area (Å²) >= 11 is 8.93. The van der Waals surface area contributed by atoms with Crippen LogP contribution in [0.25, 0.3) is 0 Å². The van der Waals surface area contributed by atoms with Gasteiger partial charge in [-0.25, -0.2) is 4.79 Å². The first-order valence-corrected chi connectivity index (χ1v) is 5.96. The maximum absolute atomic E-state index is 11.6. The van der Waals surface area contributed by atoms with E-state index >= 15 is 0 Å². The van der Waals surface area contributed by atoms with Crippen LogP contribution >= 0.6 is 27.5 Å². The number of ether oxygens (including phenoxy) is 1. The Morgan fingerprint density at radius 2 is 2.19 bits per heavy atom. The van der Waals surface area contributed by atoms with Gasteiger partial charge in [0.2, 0.25) is 0 Å². The number of hydrogen-bond donors (Lipinski definition) is 0. The first-order valence-electron chi connectivity index (χ1n) is 4.66. The average molecular weight is 306 g/mol. The fourth-order valence-corrected chi connectivity index (χ4v) is 1.79. The van der Waals surface area contributed by atoms with Crippen molar-refractivity contribution < 1.29 is 14.3 Å². The third-order valence-electron chi connectivity index (χ3n) is 1.85. The summed E-state index contributed by atoms with van der Waals surface area (Å²) < 4.78 is 4.63. The molecule has 0 aliphatic rings. The molecule has 0 heterocycles. The summed E-state index contributed by atoms with van der Waals surface area (Å²) in [5, 5.41) is 0.513. The van der Waals surface area contributed by atoms with E-state index < -0.39 is 16.6 Å². The van der Waals surface area contributed by atoms with Crippen molar-refractivity contribution >= 4 is 39.3 Å². The third kappa shape index (κ3) is 3.32. The van der Waals surface area contributed by atoms with Crippen molar-refractivity contribution in [1.82, 2.24) is 0 Å². The lowest BCUT2D eigenvalue weighted by molar-refractivity contribution is -0.153. The molecule has 1 unspecified atom stereocenters. The SMILES string of the molecule is CCOC(=O)C(=O)C(Br)c1cccc(Cl)c1. The van der Waals surface area contributed by atoms with Crippen molar-refractivity contribution in [2.75, 3.05) is 6.61 Å². The van der Waals surface area contributed by atoms with Gasteiger partial charge in [-0.1, -0.05) is 39.7 Å². The maximum Gasteiger partial charge on any atom is 0.376 e. The van der Waals surface area contributed by atoms with Crippen LogP contribution in [-0.2, 0) is 14.3 Å². The summed E-state index contributed by atoms with van der Waals surface area (Å²) in [7, 11) is 0. The topological polar surface area (TPSA) is 43.4 Å². The monoisotopic (exact) mass is 304 g/mol. The van der Waals surface area contributed by atoms with Crippen LogP contribution < -0.4 is 0 Å². The van der Waals surface area contributed by atoms with Gasteiger partial charge in [0.05, 0.1) is 6.61 Å². The summed E-state index contributed by atoms with van der Waals surface area (Å²) in [5.74, 6) is -1.48. The number of carbonyl (C=O) groups is 2. The summed E-state index contributed by atoms with van der Waals surface area (Å²) in [6.07, 6.45) is 0. The molecule has 16 heavy (non-hydrogen) atoms. The lowest BCUT2D eigenvalue weighted by Crippen LogP contribution is -2.21. The van der Waals surface area contributed by atoms with Crippen LogP contribution in [-0.4, -0.2) is 18.4 Å². The molecule has 0 aliphatic heterocycles. The second-order valence-electron chi connectivity index (χ2n) is 3.00. The number of carbonyl (C=O) groups excluding carboxylic acids is 2. The molecule has 0 N–H and O–H groups in total. The van der Waals surface area contributed by atoms with Gasteiger partial charge in [0.1, 0.15) is 4.83 Å². The standard InChI is InChI=1S/C11H10BrClO3/c1-2-16-11(15)10(14)9(12)7-4-3-5-8(13)6-7/h3-6,9H,2H2,1H3. The number of rotatable bonds is 4. The summed E-state index contributed by atoms with van der Waals surface area (Å²) in [5.41, 5.74) is 0.630. The first-order chi connectivity index (χ1) is 7.56. The van der Waals surface area contributed by atoms with Gasteiger partial charge >= 0.3 is 5.97 Å². The fourth-order valence-electron chi connectivity index (χ4n) is 1.12. The predicted molar refractivity (Wildman–Crippen MR) is 64.8 cm³/mol. The smallest absolute Gasteiger partial charge is 0.376 e. The Balaban J connectivity index is 2.82. The maximum atomic E-state index is 11.6. The molecule has 0 radical (unpaired) electrons. The molecule has 0 saturated heterocycles. The van der Waals surface area contributed by atoms with Crippen molar-refractivity contribution in [2.45, 2.75) is 11.8 Å². The highest BCUT2D eigenvalue weighted by Crippen LogP contribution is 2.26. The van der Waals surface area contributed by atoms with E-state index in [0.29, 0.717) is 10.6 Å². The van der Waals surface area contributed by atoms with Gasteiger partial charge in [0, 0.05) is 5.02 Å². The van der Waals surface area contributed by atoms with Gasteiger partial charge in [0.15, 0.2) is 0 Å². The van der Waals surface area contributed by atoms with Gasteiger partial charge in [-0.2, -0.15) is 0 Å². The molecule has 0 aromatic heterocycles. The molecule has 0 bridgehead atoms. The van der Waals surface area contributed by atoms with Crippen LogP contribution in [0, 0.1) is 0 Å². The number of alkyl halides is 1. The van der Waals surface area contributed by atoms with E-state index in [1.54, 1.807) is 31.2 Å². The Labute approximate surface area is 107 Å². The molecular formula is C11H10BrClO3. The van der Waals surface area contributed by atoms with Crippen molar-refractivity contribution in [1.29, 1.82) is 0 Å². The van der Waals surface area contributed by atoms with Gasteiger partial charge in [-0.3, -0.25) is 4.79 Å². The minimum atomic E-state index is -0.843. The normalized spacial score (nSPS) is 11.9.